The van der Waals surface area contributed by atoms with Crippen LogP contribution in [0.15, 0.2) is 42.5 Å². The number of benzene rings is 2. The monoisotopic (exact) mass is 275 g/mol. The van der Waals surface area contributed by atoms with Crippen molar-refractivity contribution in [3.05, 3.63) is 58.6 Å². The van der Waals surface area contributed by atoms with Crippen molar-refractivity contribution in [3.8, 4) is 5.75 Å². The number of halogens is 1. The summed E-state index contributed by atoms with van der Waals surface area (Å²) < 4.78 is 5.26. The van der Waals surface area contributed by atoms with Gasteiger partial charge in [0.15, 0.2) is 0 Å². The van der Waals surface area contributed by atoms with Crippen molar-refractivity contribution in [3.63, 3.8) is 0 Å². The fourth-order valence-corrected chi connectivity index (χ4v) is 2.42. The summed E-state index contributed by atoms with van der Waals surface area (Å²) in [5.41, 5.74) is 3.27. The lowest BCUT2D eigenvalue weighted by Gasteiger charge is -2.18. The molecule has 1 atom stereocenters. The largest absolute Gasteiger partial charge is 0.496 e. The molecule has 1 N–H and O–H groups in total. The molecule has 0 aromatic heterocycles. The molecule has 0 aliphatic heterocycles. The molecular weight excluding hydrogens is 258 g/mol. The summed E-state index contributed by atoms with van der Waals surface area (Å²) in [4.78, 5) is 0. The van der Waals surface area contributed by atoms with Gasteiger partial charge in [-0.2, -0.15) is 0 Å². The fourth-order valence-electron chi connectivity index (χ4n) is 2.12. The molecule has 100 valence electrons. The van der Waals surface area contributed by atoms with E-state index in [-0.39, 0.29) is 6.04 Å². The smallest absolute Gasteiger partial charge is 0.121 e. The normalized spacial score (nSPS) is 12.0. The Hall–Kier alpha value is -1.67. The second-order valence-corrected chi connectivity index (χ2v) is 4.98. The van der Waals surface area contributed by atoms with Gasteiger partial charge < -0.3 is 10.1 Å². The van der Waals surface area contributed by atoms with Crippen LogP contribution in [0.25, 0.3) is 0 Å². The van der Waals surface area contributed by atoms with E-state index in [1.165, 1.54) is 0 Å². The van der Waals surface area contributed by atoms with Crippen LogP contribution in [-0.4, -0.2) is 7.11 Å². The van der Waals surface area contributed by atoms with Gasteiger partial charge in [-0.15, -0.1) is 0 Å². The lowest BCUT2D eigenvalue weighted by molar-refractivity contribution is 0.412. The molecule has 0 saturated carbocycles. The number of aryl methyl sites for hydroxylation is 1. The third-order valence-corrected chi connectivity index (χ3v) is 3.49. The molecular formula is C16H18ClNO. The Labute approximate surface area is 119 Å². The minimum Gasteiger partial charge on any atom is -0.496 e. The zero-order chi connectivity index (χ0) is 13.8. The SMILES string of the molecule is COc1ccc(NC(C)c2ccccc2Cl)cc1C. The van der Waals surface area contributed by atoms with Gasteiger partial charge in [-0.25, -0.2) is 0 Å². The summed E-state index contributed by atoms with van der Waals surface area (Å²) in [6, 6.07) is 14.1. The molecule has 0 amide bonds. The van der Waals surface area contributed by atoms with Crippen molar-refractivity contribution in [2.75, 3.05) is 12.4 Å². The zero-order valence-corrected chi connectivity index (χ0v) is 12.2. The van der Waals surface area contributed by atoms with Gasteiger partial charge in [-0.05, 0) is 49.2 Å². The number of nitrogens with one attached hydrogen (secondary N) is 1. The molecule has 0 heterocycles. The molecule has 2 aromatic rings. The molecule has 3 heteroatoms. The minimum absolute atomic E-state index is 0.154. The highest BCUT2D eigenvalue weighted by Gasteiger charge is 2.09. The Balaban J connectivity index is 2.17. The number of hydrogen-bond donors (Lipinski definition) is 1. The Morgan fingerprint density at radius 1 is 1.16 bits per heavy atom. The van der Waals surface area contributed by atoms with Crippen LogP contribution in [0.3, 0.4) is 0 Å². The summed E-state index contributed by atoms with van der Waals surface area (Å²) >= 11 is 6.20. The standard InChI is InChI=1S/C16H18ClNO/c1-11-10-13(8-9-16(11)19-3)18-12(2)14-6-4-5-7-15(14)17/h4-10,12,18H,1-3H3. The van der Waals surface area contributed by atoms with Gasteiger partial charge in [-0.3, -0.25) is 0 Å². The highest BCUT2D eigenvalue weighted by Crippen LogP contribution is 2.27. The Kier molecular flexibility index (Phi) is 4.33. The molecule has 0 saturated heterocycles. The Morgan fingerprint density at radius 2 is 1.89 bits per heavy atom. The van der Waals surface area contributed by atoms with Gasteiger partial charge in [0, 0.05) is 16.8 Å². The first-order chi connectivity index (χ1) is 9.11. The van der Waals surface area contributed by atoms with Gasteiger partial charge in [0.1, 0.15) is 5.75 Å². The molecule has 0 aliphatic carbocycles. The molecule has 2 aromatic carbocycles. The maximum Gasteiger partial charge on any atom is 0.121 e. The van der Waals surface area contributed by atoms with Crippen LogP contribution < -0.4 is 10.1 Å². The quantitative estimate of drug-likeness (QED) is 0.863. The van der Waals surface area contributed by atoms with E-state index in [4.69, 9.17) is 16.3 Å². The second-order valence-electron chi connectivity index (χ2n) is 4.57. The molecule has 0 radical (unpaired) electrons. The van der Waals surface area contributed by atoms with Crippen LogP contribution in [0.5, 0.6) is 5.75 Å². The summed E-state index contributed by atoms with van der Waals surface area (Å²) in [5, 5.41) is 4.24. The van der Waals surface area contributed by atoms with Crippen LogP contribution in [0.1, 0.15) is 24.1 Å². The molecule has 1 unspecified atom stereocenters. The summed E-state index contributed by atoms with van der Waals surface area (Å²) in [5.74, 6) is 0.899. The average molecular weight is 276 g/mol. The van der Waals surface area contributed by atoms with E-state index in [1.807, 2.05) is 43.3 Å². The lowest BCUT2D eigenvalue weighted by atomic mass is 10.1. The van der Waals surface area contributed by atoms with E-state index in [1.54, 1.807) is 7.11 Å². The lowest BCUT2D eigenvalue weighted by Crippen LogP contribution is -2.07. The van der Waals surface area contributed by atoms with Gasteiger partial charge in [-0.1, -0.05) is 29.8 Å². The average Bonchev–Trinajstić information content (AvgIpc) is 2.39. The molecule has 2 rings (SSSR count). The first kappa shape index (κ1) is 13.8. The first-order valence-electron chi connectivity index (χ1n) is 6.27. The van der Waals surface area contributed by atoms with E-state index in [2.05, 4.69) is 18.3 Å². The molecule has 2 nitrogen and oxygen atoms in total. The molecule has 0 fully saturated rings. The molecule has 0 spiro atoms. The van der Waals surface area contributed by atoms with Gasteiger partial charge in [0.05, 0.1) is 7.11 Å². The number of rotatable bonds is 4. The van der Waals surface area contributed by atoms with Crippen molar-refractivity contribution >= 4 is 17.3 Å². The maximum atomic E-state index is 6.20. The third-order valence-electron chi connectivity index (χ3n) is 3.15. The summed E-state index contributed by atoms with van der Waals surface area (Å²) in [6.07, 6.45) is 0. The van der Waals surface area contributed by atoms with Crippen LogP contribution in [0.4, 0.5) is 5.69 Å². The van der Waals surface area contributed by atoms with Crippen molar-refractivity contribution in [1.29, 1.82) is 0 Å². The van der Waals surface area contributed by atoms with E-state index in [0.29, 0.717) is 0 Å². The predicted molar refractivity (Wildman–Crippen MR) is 81.2 cm³/mol. The van der Waals surface area contributed by atoms with Crippen molar-refractivity contribution in [1.82, 2.24) is 0 Å². The van der Waals surface area contributed by atoms with E-state index >= 15 is 0 Å². The van der Waals surface area contributed by atoms with Crippen LogP contribution in [-0.2, 0) is 0 Å². The van der Waals surface area contributed by atoms with Gasteiger partial charge in [0.2, 0.25) is 0 Å². The van der Waals surface area contributed by atoms with Crippen LogP contribution >= 0.6 is 11.6 Å². The first-order valence-corrected chi connectivity index (χ1v) is 6.65. The Morgan fingerprint density at radius 3 is 2.53 bits per heavy atom. The number of hydrogen-bond acceptors (Lipinski definition) is 2. The van der Waals surface area contributed by atoms with Gasteiger partial charge in [0.25, 0.3) is 0 Å². The van der Waals surface area contributed by atoms with Crippen LogP contribution in [0, 0.1) is 6.92 Å². The van der Waals surface area contributed by atoms with E-state index < -0.39 is 0 Å². The number of methoxy groups -OCH3 is 1. The maximum absolute atomic E-state index is 6.20. The third kappa shape index (κ3) is 3.21. The Bertz CT molecular complexity index is 568. The van der Waals surface area contributed by atoms with Crippen molar-refractivity contribution in [2.45, 2.75) is 19.9 Å². The summed E-state index contributed by atoms with van der Waals surface area (Å²) in [6.45, 7) is 4.13. The number of anilines is 1. The van der Waals surface area contributed by atoms with Crippen molar-refractivity contribution in [2.24, 2.45) is 0 Å². The van der Waals surface area contributed by atoms with Crippen molar-refractivity contribution < 1.29 is 4.74 Å². The second kappa shape index (κ2) is 5.98. The topological polar surface area (TPSA) is 21.3 Å². The summed E-state index contributed by atoms with van der Waals surface area (Å²) in [7, 11) is 1.68. The van der Waals surface area contributed by atoms with Gasteiger partial charge >= 0.3 is 0 Å². The zero-order valence-electron chi connectivity index (χ0n) is 11.4. The highest BCUT2D eigenvalue weighted by molar-refractivity contribution is 6.31. The fraction of sp³-hybridized carbons (Fsp3) is 0.250. The van der Waals surface area contributed by atoms with E-state index in [9.17, 15) is 0 Å². The van der Waals surface area contributed by atoms with Crippen LogP contribution in [0.2, 0.25) is 5.02 Å². The molecule has 19 heavy (non-hydrogen) atoms. The number of ether oxygens (including phenoxy) is 1. The minimum atomic E-state index is 0.154. The predicted octanol–water partition coefficient (Wildman–Crippen LogP) is 4.83. The highest BCUT2D eigenvalue weighted by atomic mass is 35.5. The molecule has 0 aliphatic rings. The van der Waals surface area contributed by atoms with E-state index in [0.717, 1.165) is 27.6 Å². The molecule has 0 bridgehead atoms.